The highest BCUT2D eigenvalue weighted by Crippen LogP contribution is 2.34. The fourth-order valence-corrected chi connectivity index (χ4v) is 3.70. The number of hydrogen-bond donors (Lipinski definition) is 1. The van der Waals surface area contributed by atoms with Gasteiger partial charge in [0.05, 0.1) is 12.7 Å². The topological polar surface area (TPSA) is 64.8 Å². The van der Waals surface area contributed by atoms with Crippen LogP contribution >= 0.6 is 0 Å². The van der Waals surface area contributed by atoms with Crippen molar-refractivity contribution in [2.75, 3.05) is 27.3 Å². The number of hydrogen-bond acceptors (Lipinski definition) is 5. The van der Waals surface area contributed by atoms with E-state index in [1.54, 1.807) is 7.11 Å². The Kier molecular flexibility index (Phi) is 4.72. The Balaban J connectivity index is 2.03. The van der Waals surface area contributed by atoms with Gasteiger partial charge in [0.1, 0.15) is 5.54 Å². The van der Waals surface area contributed by atoms with Crippen LogP contribution in [0, 0.1) is 0 Å². The number of nitrogens with zero attached hydrogens (tertiary/aromatic N) is 1. The van der Waals surface area contributed by atoms with E-state index in [0.717, 1.165) is 45.2 Å². The first kappa shape index (κ1) is 15.7. The van der Waals surface area contributed by atoms with Gasteiger partial charge in [0.15, 0.2) is 0 Å². The number of ether oxygens (including phenoxy) is 2. The average molecular weight is 284 g/mol. The molecule has 20 heavy (non-hydrogen) atoms. The van der Waals surface area contributed by atoms with Crippen molar-refractivity contribution in [2.24, 2.45) is 5.73 Å². The summed E-state index contributed by atoms with van der Waals surface area (Å²) in [5.41, 5.74) is 5.40. The normalized spacial score (nSPS) is 39.5. The third-order valence-electron chi connectivity index (χ3n) is 5.05. The third-order valence-corrected chi connectivity index (χ3v) is 5.05. The molecule has 2 aliphatic rings. The first-order valence-corrected chi connectivity index (χ1v) is 7.59. The van der Waals surface area contributed by atoms with Gasteiger partial charge in [-0.1, -0.05) is 0 Å². The van der Waals surface area contributed by atoms with Crippen molar-refractivity contribution < 1.29 is 14.3 Å². The van der Waals surface area contributed by atoms with Gasteiger partial charge in [0.25, 0.3) is 0 Å². The highest BCUT2D eigenvalue weighted by Gasteiger charge is 2.43. The summed E-state index contributed by atoms with van der Waals surface area (Å²) in [6.45, 7) is 4.16. The molecule has 3 atom stereocenters. The van der Waals surface area contributed by atoms with E-state index in [2.05, 4.69) is 11.8 Å². The highest BCUT2D eigenvalue weighted by molar-refractivity contribution is 5.80. The van der Waals surface area contributed by atoms with Crippen molar-refractivity contribution in [1.82, 2.24) is 4.90 Å². The Bertz CT molecular complexity index is 363. The molecule has 1 aliphatic heterocycles. The monoisotopic (exact) mass is 284 g/mol. The fraction of sp³-hybridized carbons (Fsp3) is 0.933. The van der Waals surface area contributed by atoms with Crippen LogP contribution in [0.15, 0.2) is 0 Å². The maximum absolute atomic E-state index is 11.9. The standard InChI is InChI=1S/C15H28N2O3/c1-14(20-3)7-5-9-17(11-14)12-6-4-8-15(16,10-12)13(18)19-2/h12H,4-11,16H2,1-3H3. The SMILES string of the molecule is COC(=O)C1(N)CCCC(N2CCCC(C)(OC)C2)C1. The molecule has 5 heteroatoms. The number of rotatable bonds is 3. The predicted molar refractivity (Wildman–Crippen MR) is 77.4 cm³/mol. The molecule has 0 radical (unpaired) electrons. The van der Waals surface area contributed by atoms with Crippen molar-refractivity contribution >= 4 is 5.97 Å². The van der Waals surface area contributed by atoms with E-state index in [1.165, 1.54) is 7.11 Å². The molecule has 2 rings (SSSR count). The molecule has 5 nitrogen and oxygen atoms in total. The molecule has 0 aromatic carbocycles. The molecule has 3 unspecified atom stereocenters. The Morgan fingerprint density at radius 1 is 1.30 bits per heavy atom. The Hall–Kier alpha value is -0.650. The summed E-state index contributed by atoms with van der Waals surface area (Å²) in [5, 5.41) is 0. The summed E-state index contributed by atoms with van der Waals surface area (Å²) in [6, 6.07) is 0.364. The summed E-state index contributed by atoms with van der Waals surface area (Å²) in [6.07, 6.45) is 5.74. The zero-order valence-electron chi connectivity index (χ0n) is 13.0. The Morgan fingerprint density at radius 2 is 2.05 bits per heavy atom. The molecule has 0 aromatic heterocycles. The van der Waals surface area contributed by atoms with E-state index in [-0.39, 0.29) is 11.6 Å². The van der Waals surface area contributed by atoms with Gasteiger partial charge in [0, 0.05) is 19.7 Å². The number of methoxy groups -OCH3 is 2. The molecule has 0 amide bonds. The first-order chi connectivity index (χ1) is 9.42. The molecular formula is C15H28N2O3. The largest absolute Gasteiger partial charge is 0.468 e. The number of nitrogens with two attached hydrogens (primary N) is 1. The van der Waals surface area contributed by atoms with E-state index in [0.29, 0.717) is 12.5 Å². The van der Waals surface area contributed by atoms with Crippen LogP contribution in [0.3, 0.4) is 0 Å². The molecule has 1 saturated carbocycles. The van der Waals surface area contributed by atoms with Gasteiger partial charge < -0.3 is 15.2 Å². The maximum Gasteiger partial charge on any atom is 0.325 e. The molecule has 2 N–H and O–H groups in total. The molecule has 0 bridgehead atoms. The second-order valence-electron chi connectivity index (χ2n) is 6.63. The van der Waals surface area contributed by atoms with Gasteiger partial charge in [-0.15, -0.1) is 0 Å². The van der Waals surface area contributed by atoms with Crippen molar-refractivity contribution in [2.45, 2.75) is 62.6 Å². The number of carbonyl (C=O) groups excluding carboxylic acids is 1. The predicted octanol–water partition coefficient (Wildman–Crippen LogP) is 1.30. The lowest BCUT2D eigenvalue weighted by molar-refractivity contribution is -0.149. The average Bonchev–Trinajstić information content (AvgIpc) is 2.46. The van der Waals surface area contributed by atoms with Crippen LogP contribution < -0.4 is 5.73 Å². The van der Waals surface area contributed by atoms with Crippen LogP contribution in [-0.2, 0) is 14.3 Å². The summed E-state index contributed by atoms with van der Waals surface area (Å²) >= 11 is 0. The highest BCUT2D eigenvalue weighted by atomic mass is 16.5. The molecule has 2 fully saturated rings. The molecule has 1 saturated heterocycles. The van der Waals surface area contributed by atoms with E-state index < -0.39 is 5.54 Å². The van der Waals surface area contributed by atoms with Crippen molar-refractivity contribution in [3.05, 3.63) is 0 Å². The van der Waals surface area contributed by atoms with E-state index in [1.807, 2.05) is 0 Å². The minimum atomic E-state index is -0.807. The number of likely N-dealkylation sites (tertiary alicyclic amines) is 1. The third kappa shape index (κ3) is 3.15. The molecule has 116 valence electrons. The van der Waals surface area contributed by atoms with Crippen LogP contribution in [0.4, 0.5) is 0 Å². The molecule has 1 aliphatic carbocycles. The van der Waals surface area contributed by atoms with E-state index in [4.69, 9.17) is 15.2 Å². The Morgan fingerprint density at radius 3 is 2.70 bits per heavy atom. The van der Waals surface area contributed by atoms with Crippen molar-refractivity contribution in [3.63, 3.8) is 0 Å². The first-order valence-electron chi connectivity index (χ1n) is 7.59. The summed E-state index contributed by atoms with van der Waals surface area (Å²) < 4.78 is 10.5. The van der Waals surface area contributed by atoms with Crippen LogP contribution in [-0.4, -0.2) is 55.4 Å². The van der Waals surface area contributed by atoms with Crippen LogP contribution in [0.1, 0.15) is 45.4 Å². The molecular weight excluding hydrogens is 256 g/mol. The summed E-state index contributed by atoms with van der Waals surface area (Å²) in [5.74, 6) is -0.270. The van der Waals surface area contributed by atoms with Crippen LogP contribution in [0.5, 0.6) is 0 Å². The zero-order chi connectivity index (χ0) is 14.8. The summed E-state index contributed by atoms with van der Waals surface area (Å²) in [4.78, 5) is 14.4. The van der Waals surface area contributed by atoms with Gasteiger partial charge in [-0.2, -0.15) is 0 Å². The lowest BCUT2D eigenvalue weighted by Crippen LogP contribution is -2.59. The minimum Gasteiger partial charge on any atom is -0.468 e. The summed E-state index contributed by atoms with van der Waals surface area (Å²) in [7, 11) is 3.20. The molecule has 1 heterocycles. The number of piperidine rings is 1. The second kappa shape index (κ2) is 6.00. The zero-order valence-corrected chi connectivity index (χ0v) is 13.0. The van der Waals surface area contributed by atoms with Crippen molar-refractivity contribution in [1.29, 1.82) is 0 Å². The second-order valence-corrected chi connectivity index (χ2v) is 6.63. The van der Waals surface area contributed by atoms with E-state index in [9.17, 15) is 4.79 Å². The fourth-order valence-electron chi connectivity index (χ4n) is 3.70. The lowest BCUT2D eigenvalue weighted by Gasteiger charge is -2.47. The number of esters is 1. The van der Waals surface area contributed by atoms with Gasteiger partial charge >= 0.3 is 5.97 Å². The van der Waals surface area contributed by atoms with E-state index >= 15 is 0 Å². The Labute approximate surface area is 121 Å². The lowest BCUT2D eigenvalue weighted by atomic mass is 9.78. The van der Waals surface area contributed by atoms with Crippen LogP contribution in [0.25, 0.3) is 0 Å². The van der Waals surface area contributed by atoms with Gasteiger partial charge in [-0.3, -0.25) is 9.69 Å². The van der Waals surface area contributed by atoms with Gasteiger partial charge in [-0.25, -0.2) is 0 Å². The van der Waals surface area contributed by atoms with Gasteiger partial charge in [-0.05, 0) is 52.0 Å². The van der Waals surface area contributed by atoms with Crippen LogP contribution in [0.2, 0.25) is 0 Å². The smallest absolute Gasteiger partial charge is 0.325 e. The number of carbonyl (C=O) groups is 1. The van der Waals surface area contributed by atoms with Gasteiger partial charge in [0.2, 0.25) is 0 Å². The quantitative estimate of drug-likeness (QED) is 0.791. The molecule has 0 aromatic rings. The molecule has 0 spiro atoms. The maximum atomic E-state index is 11.9. The van der Waals surface area contributed by atoms with Crippen molar-refractivity contribution in [3.8, 4) is 0 Å². The minimum absolute atomic E-state index is 0.0712.